The third-order valence-electron chi connectivity index (χ3n) is 4.88. The maximum absolute atomic E-state index is 13.1. The Bertz CT molecular complexity index is 711. The van der Waals surface area contributed by atoms with Crippen molar-refractivity contribution in [1.29, 1.82) is 0 Å². The van der Waals surface area contributed by atoms with Crippen molar-refractivity contribution < 1.29 is 9.50 Å². The molecule has 2 aromatic rings. The molecule has 1 fully saturated rings. The zero-order chi connectivity index (χ0) is 18.5. The average molecular weight is 381 g/mol. The number of aliphatic hydroxyl groups is 1. The standard InChI is InChI=1S/C19H26ClFN4O/c1-14-18(13-22-9-2-10-24-11-7-17(26)8-12-24)19(20)25(23-14)16-5-3-15(21)4-6-16/h3-6,17,22,26H,2,7-13H2,1H3. The fourth-order valence-corrected chi connectivity index (χ4v) is 3.61. The Morgan fingerprint density at radius 2 is 1.96 bits per heavy atom. The van der Waals surface area contributed by atoms with Gasteiger partial charge in [0.05, 0.1) is 17.5 Å². The Kier molecular flexibility index (Phi) is 6.64. The van der Waals surface area contributed by atoms with Crippen molar-refractivity contribution in [2.75, 3.05) is 26.2 Å². The van der Waals surface area contributed by atoms with Crippen LogP contribution >= 0.6 is 11.6 Å². The molecule has 3 rings (SSSR count). The van der Waals surface area contributed by atoms with Gasteiger partial charge >= 0.3 is 0 Å². The van der Waals surface area contributed by atoms with Crippen molar-refractivity contribution in [1.82, 2.24) is 20.0 Å². The van der Waals surface area contributed by atoms with Crippen LogP contribution < -0.4 is 5.32 Å². The molecule has 1 aliphatic heterocycles. The van der Waals surface area contributed by atoms with E-state index < -0.39 is 0 Å². The molecule has 1 aliphatic rings. The van der Waals surface area contributed by atoms with Crippen molar-refractivity contribution in [3.63, 3.8) is 0 Å². The molecule has 1 aromatic carbocycles. The van der Waals surface area contributed by atoms with Gasteiger partial charge in [-0.1, -0.05) is 11.6 Å². The minimum absolute atomic E-state index is 0.118. The lowest BCUT2D eigenvalue weighted by molar-refractivity contribution is 0.0821. The van der Waals surface area contributed by atoms with E-state index in [-0.39, 0.29) is 11.9 Å². The number of benzene rings is 1. The van der Waals surface area contributed by atoms with Gasteiger partial charge in [-0.15, -0.1) is 0 Å². The summed E-state index contributed by atoms with van der Waals surface area (Å²) >= 11 is 6.49. The second-order valence-corrected chi connectivity index (χ2v) is 7.20. The van der Waals surface area contributed by atoms with Crippen LogP contribution in [-0.4, -0.2) is 52.1 Å². The first-order valence-corrected chi connectivity index (χ1v) is 9.53. The summed E-state index contributed by atoms with van der Waals surface area (Å²) in [5.74, 6) is -0.279. The molecule has 0 bridgehead atoms. The lowest BCUT2D eigenvalue weighted by Gasteiger charge is -2.29. The molecule has 2 heterocycles. The molecule has 0 amide bonds. The number of aliphatic hydroxyl groups excluding tert-OH is 1. The molecule has 2 N–H and O–H groups in total. The highest BCUT2D eigenvalue weighted by atomic mass is 35.5. The van der Waals surface area contributed by atoms with Crippen molar-refractivity contribution in [3.8, 4) is 5.69 Å². The lowest BCUT2D eigenvalue weighted by atomic mass is 10.1. The van der Waals surface area contributed by atoms with E-state index in [4.69, 9.17) is 11.6 Å². The molecule has 1 aromatic heterocycles. The van der Waals surface area contributed by atoms with Crippen molar-refractivity contribution in [2.24, 2.45) is 0 Å². The molecule has 0 radical (unpaired) electrons. The van der Waals surface area contributed by atoms with Gasteiger partial charge in [-0.05, 0) is 63.5 Å². The number of rotatable bonds is 7. The summed E-state index contributed by atoms with van der Waals surface area (Å²) < 4.78 is 14.7. The van der Waals surface area contributed by atoms with E-state index in [0.29, 0.717) is 11.7 Å². The fourth-order valence-electron chi connectivity index (χ4n) is 3.27. The second kappa shape index (κ2) is 8.95. The van der Waals surface area contributed by atoms with E-state index in [2.05, 4.69) is 15.3 Å². The summed E-state index contributed by atoms with van der Waals surface area (Å²) in [6.45, 7) is 6.50. The van der Waals surface area contributed by atoms with Crippen LogP contribution in [0.4, 0.5) is 4.39 Å². The zero-order valence-electron chi connectivity index (χ0n) is 15.1. The molecule has 5 nitrogen and oxygen atoms in total. The first kappa shape index (κ1) is 19.3. The van der Waals surface area contributed by atoms with Gasteiger partial charge in [-0.2, -0.15) is 5.10 Å². The van der Waals surface area contributed by atoms with E-state index in [1.165, 1.54) is 12.1 Å². The van der Waals surface area contributed by atoms with Crippen LogP contribution in [0, 0.1) is 12.7 Å². The predicted octanol–water partition coefficient (Wildman–Crippen LogP) is 2.91. The van der Waals surface area contributed by atoms with Gasteiger partial charge in [0.15, 0.2) is 0 Å². The Labute approximate surface area is 158 Å². The van der Waals surface area contributed by atoms with Gasteiger partial charge in [0.2, 0.25) is 0 Å². The molecule has 0 aliphatic carbocycles. The molecular weight excluding hydrogens is 355 g/mol. The number of aromatic nitrogens is 2. The van der Waals surface area contributed by atoms with Crippen LogP contribution in [0.25, 0.3) is 5.69 Å². The molecule has 26 heavy (non-hydrogen) atoms. The van der Waals surface area contributed by atoms with E-state index in [0.717, 1.165) is 62.4 Å². The van der Waals surface area contributed by atoms with Crippen molar-refractivity contribution >= 4 is 11.6 Å². The number of hydrogen-bond donors (Lipinski definition) is 2. The zero-order valence-corrected chi connectivity index (χ0v) is 15.8. The summed E-state index contributed by atoms with van der Waals surface area (Å²) in [5.41, 5.74) is 2.59. The predicted molar refractivity (Wildman–Crippen MR) is 101 cm³/mol. The highest BCUT2D eigenvalue weighted by Gasteiger charge is 2.17. The van der Waals surface area contributed by atoms with Crippen molar-refractivity contribution in [3.05, 3.63) is 46.5 Å². The maximum Gasteiger partial charge on any atom is 0.137 e. The van der Waals surface area contributed by atoms with Gasteiger partial charge in [0.1, 0.15) is 11.0 Å². The number of aryl methyl sites for hydroxylation is 1. The first-order valence-electron chi connectivity index (χ1n) is 9.15. The summed E-state index contributed by atoms with van der Waals surface area (Å²) in [6.07, 6.45) is 2.70. The Balaban J connectivity index is 1.48. The summed E-state index contributed by atoms with van der Waals surface area (Å²) in [7, 11) is 0. The van der Waals surface area contributed by atoms with E-state index >= 15 is 0 Å². The maximum atomic E-state index is 13.1. The lowest BCUT2D eigenvalue weighted by Crippen LogP contribution is -2.37. The van der Waals surface area contributed by atoms with Gasteiger partial charge in [0, 0.05) is 25.2 Å². The number of hydrogen-bond acceptors (Lipinski definition) is 4. The Hall–Kier alpha value is -1.47. The van der Waals surface area contributed by atoms with Crippen LogP contribution in [-0.2, 0) is 6.54 Å². The first-order chi connectivity index (χ1) is 12.5. The van der Waals surface area contributed by atoms with Crippen molar-refractivity contribution in [2.45, 2.75) is 38.8 Å². The minimum Gasteiger partial charge on any atom is -0.393 e. The number of nitrogens with zero attached hydrogens (tertiary/aromatic N) is 3. The third kappa shape index (κ3) is 4.82. The Morgan fingerprint density at radius 3 is 2.65 bits per heavy atom. The SMILES string of the molecule is Cc1nn(-c2ccc(F)cc2)c(Cl)c1CNCCCN1CCC(O)CC1. The topological polar surface area (TPSA) is 53.3 Å². The molecule has 0 saturated carbocycles. The van der Waals surface area contributed by atoms with Crippen LogP contribution in [0.3, 0.4) is 0 Å². The molecule has 7 heteroatoms. The summed E-state index contributed by atoms with van der Waals surface area (Å²) in [4.78, 5) is 2.40. The summed E-state index contributed by atoms with van der Waals surface area (Å²) in [5, 5.41) is 18.0. The number of likely N-dealkylation sites (tertiary alicyclic amines) is 1. The molecule has 142 valence electrons. The molecular formula is C19H26ClFN4O. The average Bonchev–Trinajstić information content (AvgIpc) is 2.91. The smallest absolute Gasteiger partial charge is 0.137 e. The number of piperidine rings is 1. The second-order valence-electron chi connectivity index (χ2n) is 6.85. The highest BCUT2D eigenvalue weighted by Crippen LogP contribution is 2.23. The number of nitrogens with one attached hydrogen (secondary N) is 1. The minimum atomic E-state index is -0.279. The van der Waals surface area contributed by atoms with E-state index in [1.54, 1.807) is 16.8 Å². The largest absolute Gasteiger partial charge is 0.393 e. The molecule has 0 spiro atoms. The van der Waals surface area contributed by atoms with E-state index in [1.807, 2.05) is 6.92 Å². The van der Waals surface area contributed by atoms with Crippen LogP contribution in [0.15, 0.2) is 24.3 Å². The molecule has 1 saturated heterocycles. The van der Waals surface area contributed by atoms with Crippen LogP contribution in [0.1, 0.15) is 30.5 Å². The summed E-state index contributed by atoms with van der Waals surface area (Å²) in [6, 6.07) is 6.14. The van der Waals surface area contributed by atoms with Crippen LogP contribution in [0.5, 0.6) is 0 Å². The monoisotopic (exact) mass is 380 g/mol. The van der Waals surface area contributed by atoms with Crippen LogP contribution in [0.2, 0.25) is 5.15 Å². The third-order valence-corrected chi connectivity index (χ3v) is 5.27. The normalized spacial score (nSPS) is 16.3. The molecule has 0 unspecified atom stereocenters. The highest BCUT2D eigenvalue weighted by molar-refractivity contribution is 6.30. The number of halogens is 2. The van der Waals surface area contributed by atoms with Gasteiger partial charge < -0.3 is 15.3 Å². The quantitative estimate of drug-likeness (QED) is 0.725. The van der Waals surface area contributed by atoms with Gasteiger partial charge in [-0.3, -0.25) is 0 Å². The molecule has 0 atom stereocenters. The van der Waals surface area contributed by atoms with Gasteiger partial charge in [-0.25, -0.2) is 9.07 Å². The van der Waals surface area contributed by atoms with E-state index in [9.17, 15) is 9.50 Å². The van der Waals surface area contributed by atoms with Gasteiger partial charge in [0.25, 0.3) is 0 Å². The Morgan fingerprint density at radius 1 is 1.27 bits per heavy atom. The fraction of sp³-hybridized carbons (Fsp3) is 0.526.